The molecular formula is C17H11BrF2N2O. The maximum atomic E-state index is 13.3. The van der Waals surface area contributed by atoms with Gasteiger partial charge in [0, 0.05) is 22.2 Å². The van der Waals surface area contributed by atoms with Crippen molar-refractivity contribution in [1.82, 2.24) is 9.78 Å². The van der Waals surface area contributed by atoms with Crippen molar-refractivity contribution >= 4 is 15.9 Å². The lowest BCUT2D eigenvalue weighted by atomic mass is 10.1. The fraction of sp³-hybridized carbons (Fsp3) is 0.0588. The topological polar surface area (TPSA) is 34.9 Å². The van der Waals surface area contributed by atoms with Crippen LogP contribution in [-0.2, 0) is 6.54 Å². The Morgan fingerprint density at radius 2 is 1.74 bits per heavy atom. The van der Waals surface area contributed by atoms with Crippen LogP contribution in [0.3, 0.4) is 0 Å². The second-order valence-electron chi connectivity index (χ2n) is 5.00. The van der Waals surface area contributed by atoms with E-state index in [1.807, 2.05) is 24.3 Å². The summed E-state index contributed by atoms with van der Waals surface area (Å²) in [7, 11) is 0. The molecule has 1 heterocycles. The van der Waals surface area contributed by atoms with Gasteiger partial charge in [0.2, 0.25) is 0 Å². The summed E-state index contributed by atoms with van der Waals surface area (Å²) in [6, 6.07) is 13.4. The van der Waals surface area contributed by atoms with Crippen LogP contribution in [0.5, 0.6) is 0 Å². The fourth-order valence-corrected chi connectivity index (χ4v) is 2.67. The zero-order valence-electron chi connectivity index (χ0n) is 11.8. The quantitative estimate of drug-likeness (QED) is 0.692. The first kappa shape index (κ1) is 15.6. The first-order valence-electron chi connectivity index (χ1n) is 6.80. The van der Waals surface area contributed by atoms with Gasteiger partial charge in [0.25, 0.3) is 5.56 Å². The van der Waals surface area contributed by atoms with E-state index < -0.39 is 11.6 Å². The van der Waals surface area contributed by atoms with Crippen LogP contribution in [0.25, 0.3) is 11.3 Å². The number of aromatic nitrogens is 2. The summed E-state index contributed by atoms with van der Waals surface area (Å²) in [6.45, 7) is 0.268. The molecule has 116 valence electrons. The third-order valence-electron chi connectivity index (χ3n) is 3.25. The lowest BCUT2D eigenvalue weighted by Crippen LogP contribution is -2.22. The summed E-state index contributed by atoms with van der Waals surface area (Å²) >= 11 is 3.37. The number of rotatable bonds is 3. The van der Waals surface area contributed by atoms with Crippen molar-refractivity contribution < 1.29 is 8.78 Å². The van der Waals surface area contributed by atoms with E-state index in [1.165, 1.54) is 28.9 Å². The van der Waals surface area contributed by atoms with Crippen molar-refractivity contribution in [2.75, 3.05) is 0 Å². The minimum absolute atomic E-state index is 0.268. The largest absolute Gasteiger partial charge is 0.268 e. The van der Waals surface area contributed by atoms with Crippen molar-refractivity contribution in [1.29, 1.82) is 0 Å². The van der Waals surface area contributed by atoms with Crippen molar-refractivity contribution in [3.63, 3.8) is 0 Å². The van der Waals surface area contributed by atoms with Gasteiger partial charge >= 0.3 is 0 Å². The predicted molar refractivity (Wildman–Crippen MR) is 87.1 cm³/mol. The third-order valence-corrected chi connectivity index (χ3v) is 3.74. The van der Waals surface area contributed by atoms with Crippen LogP contribution in [0, 0.1) is 11.6 Å². The first-order valence-corrected chi connectivity index (χ1v) is 7.60. The Morgan fingerprint density at radius 1 is 1.00 bits per heavy atom. The molecule has 0 spiro atoms. The number of halogens is 3. The van der Waals surface area contributed by atoms with Crippen LogP contribution >= 0.6 is 15.9 Å². The highest BCUT2D eigenvalue weighted by molar-refractivity contribution is 9.10. The van der Waals surface area contributed by atoms with Crippen LogP contribution in [0.15, 0.2) is 63.9 Å². The summed E-state index contributed by atoms with van der Waals surface area (Å²) in [4.78, 5) is 12.0. The summed E-state index contributed by atoms with van der Waals surface area (Å²) in [6.07, 6.45) is 0. The van der Waals surface area contributed by atoms with Gasteiger partial charge in [-0.3, -0.25) is 4.79 Å². The molecule has 0 amide bonds. The van der Waals surface area contributed by atoms with Gasteiger partial charge in [-0.05, 0) is 35.9 Å². The second kappa shape index (κ2) is 6.42. The van der Waals surface area contributed by atoms with Gasteiger partial charge in [-0.25, -0.2) is 13.5 Å². The normalized spacial score (nSPS) is 10.7. The van der Waals surface area contributed by atoms with Crippen LogP contribution in [-0.4, -0.2) is 9.78 Å². The van der Waals surface area contributed by atoms with Gasteiger partial charge in [0.15, 0.2) is 0 Å². The SMILES string of the molecule is O=c1ccc(-c2cc(F)cc(F)c2)nn1Cc1cccc(Br)c1. The third kappa shape index (κ3) is 3.71. The Morgan fingerprint density at radius 3 is 2.43 bits per heavy atom. The molecule has 0 bridgehead atoms. The fourth-order valence-electron chi connectivity index (χ4n) is 2.23. The van der Waals surface area contributed by atoms with Crippen LogP contribution in [0.1, 0.15) is 5.56 Å². The van der Waals surface area contributed by atoms with Gasteiger partial charge in [-0.15, -0.1) is 0 Å². The number of hydrogen-bond acceptors (Lipinski definition) is 2. The maximum Gasteiger partial charge on any atom is 0.267 e. The summed E-state index contributed by atoms with van der Waals surface area (Å²) in [5.74, 6) is -1.38. The molecule has 3 rings (SSSR count). The van der Waals surface area contributed by atoms with Crippen LogP contribution < -0.4 is 5.56 Å². The molecule has 6 heteroatoms. The van der Waals surface area contributed by atoms with E-state index in [9.17, 15) is 13.6 Å². The molecule has 3 aromatic rings. The zero-order valence-corrected chi connectivity index (χ0v) is 13.4. The van der Waals surface area contributed by atoms with Crippen molar-refractivity contribution in [3.05, 3.63) is 86.6 Å². The molecule has 0 atom stereocenters. The number of benzene rings is 2. The molecule has 3 nitrogen and oxygen atoms in total. The molecule has 0 N–H and O–H groups in total. The molecule has 0 fully saturated rings. The monoisotopic (exact) mass is 376 g/mol. The Balaban J connectivity index is 2.00. The van der Waals surface area contributed by atoms with E-state index >= 15 is 0 Å². The molecule has 0 unspecified atom stereocenters. The summed E-state index contributed by atoms with van der Waals surface area (Å²) in [5.41, 5.74) is 1.21. The molecule has 2 aromatic carbocycles. The van der Waals surface area contributed by atoms with E-state index in [0.29, 0.717) is 5.69 Å². The van der Waals surface area contributed by atoms with Crippen molar-refractivity contribution in [3.8, 4) is 11.3 Å². The number of nitrogens with zero attached hydrogens (tertiary/aromatic N) is 2. The predicted octanol–water partition coefficient (Wildman–Crippen LogP) is 4.00. The summed E-state index contributed by atoms with van der Waals surface area (Å²) in [5, 5.41) is 4.21. The number of hydrogen-bond donors (Lipinski definition) is 0. The zero-order chi connectivity index (χ0) is 16.4. The summed E-state index contributed by atoms with van der Waals surface area (Å²) < 4.78 is 28.8. The molecule has 23 heavy (non-hydrogen) atoms. The lowest BCUT2D eigenvalue weighted by molar-refractivity contribution is 0.583. The molecular weight excluding hydrogens is 366 g/mol. The minimum atomic E-state index is -0.688. The first-order chi connectivity index (χ1) is 11.0. The Labute approximate surface area is 139 Å². The molecule has 0 saturated heterocycles. The van der Waals surface area contributed by atoms with Crippen LogP contribution in [0.2, 0.25) is 0 Å². The van der Waals surface area contributed by atoms with E-state index in [1.54, 1.807) is 0 Å². The van der Waals surface area contributed by atoms with Gasteiger partial charge in [0.05, 0.1) is 12.2 Å². The van der Waals surface area contributed by atoms with E-state index in [-0.39, 0.29) is 17.7 Å². The highest BCUT2D eigenvalue weighted by Gasteiger charge is 2.07. The minimum Gasteiger partial charge on any atom is -0.268 e. The highest BCUT2D eigenvalue weighted by Crippen LogP contribution is 2.19. The Bertz CT molecular complexity index is 904. The van der Waals surface area contributed by atoms with Crippen LogP contribution in [0.4, 0.5) is 8.78 Å². The molecule has 0 saturated carbocycles. The standard InChI is InChI=1S/C17H11BrF2N2O/c18-13-3-1-2-11(6-13)10-22-17(23)5-4-16(21-22)12-7-14(19)9-15(20)8-12/h1-9H,10H2. The highest BCUT2D eigenvalue weighted by atomic mass is 79.9. The molecule has 0 aliphatic carbocycles. The van der Waals surface area contributed by atoms with Crippen molar-refractivity contribution in [2.45, 2.75) is 6.54 Å². The average molecular weight is 377 g/mol. The van der Waals surface area contributed by atoms with E-state index in [0.717, 1.165) is 16.1 Å². The van der Waals surface area contributed by atoms with Gasteiger partial charge < -0.3 is 0 Å². The molecule has 0 aliphatic heterocycles. The molecule has 0 aliphatic rings. The lowest BCUT2D eigenvalue weighted by Gasteiger charge is -2.08. The van der Waals surface area contributed by atoms with Gasteiger partial charge in [-0.2, -0.15) is 5.10 Å². The average Bonchev–Trinajstić information content (AvgIpc) is 2.48. The van der Waals surface area contributed by atoms with Gasteiger partial charge in [-0.1, -0.05) is 28.1 Å². The van der Waals surface area contributed by atoms with E-state index in [4.69, 9.17) is 0 Å². The Hall–Kier alpha value is -2.34. The Kier molecular flexibility index (Phi) is 4.34. The molecule has 0 radical (unpaired) electrons. The van der Waals surface area contributed by atoms with Crippen molar-refractivity contribution in [2.24, 2.45) is 0 Å². The smallest absolute Gasteiger partial charge is 0.267 e. The second-order valence-corrected chi connectivity index (χ2v) is 5.92. The molecule has 1 aromatic heterocycles. The maximum absolute atomic E-state index is 13.3. The van der Waals surface area contributed by atoms with E-state index in [2.05, 4.69) is 21.0 Å². The van der Waals surface area contributed by atoms with Gasteiger partial charge in [0.1, 0.15) is 11.6 Å².